The predicted octanol–water partition coefficient (Wildman–Crippen LogP) is 1.17. The third-order valence-corrected chi connectivity index (χ3v) is 5.26. The maximum absolute atomic E-state index is 11.6. The first-order chi connectivity index (χ1) is 13.0. The van der Waals surface area contributed by atoms with E-state index >= 15 is 0 Å². The molecular weight excluding hydrogens is 471 g/mol. The van der Waals surface area contributed by atoms with Crippen LogP contribution in [-0.2, 0) is 4.79 Å². The van der Waals surface area contributed by atoms with Crippen LogP contribution < -0.4 is 15.5 Å². The number of hydrogen-bond acceptors (Lipinski definition) is 4. The minimum absolute atomic E-state index is 0. The second-order valence-corrected chi connectivity index (χ2v) is 6.87. The molecule has 0 saturated carbocycles. The van der Waals surface area contributed by atoms with E-state index in [1.54, 1.807) is 7.05 Å². The number of carbonyl (C=O) groups is 2. The van der Waals surface area contributed by atoms with E-state index in [0.29, 0.717) is 13.1 Å². The van der Waals surface area contributed by atoms with Crippen molar-refractivity contribution in [2.24, 2.45) is 4.99 Å². The van der Waals surface area contributed by atoms with Crippen LogP contribution in [-0.4, -0.2) is 80.6 Å². The number of halogens is 1. The lowest BCUT2D eigenvalue weighted by Crippen LogP contribution is -2.53. The number of guanidine groups is 1. The summed E-state index contributed by atoms with van der Waals surface area (Å²) < 4.78 is 0. The van der Waals surface area contributed by atoms with Crippen LogP contribution in [0.2, 0.25) is 0 Å². The number of benzene rings is 1. The van der Waals surface area contributed by atoms with Crippen LogP contribution in [0, 0.1) is 13.8 Å². The Morgan fingerprint density at radius 2 is 1.89 bits per heavy atom. The van der Waals surface area contributed by atoms with Crippen LogP contribution in [0.1, 0.15) is 11.1 Å². The Morgan fingerprint density at radius 1 is 1.18 bits per heavy atom. The van der Waals surface area contributed by atoms with E-state index in [9.17, 15) is 9.59 Å². The molecule has 3 amide bonds. The number of amides is 3. The lowest BCUT2D eigenvalue weighted by Gasteiger charge is -2.38. The molecular formula is C19H29IN6O2. The van der Waals surface area contributed by atoms with Crippen molar-refractivity contribution in [3.05, 3.63) is 29.3 Å². The zero-order chi connectivity index (χ0) is 19.4. The Bertz CT molecular complexity index is 730. The number of nitrogens with one attached hydrogen (secondary N) is 2. The fourth-order valence-electron chi connectivity index (χ4n) is 3.53. The largest absolute Gasteiger partial charge is 0.368 e. The number of urea groups is 1. The number of rotatable bonds is 4. The second-order valence-electron chi connectivity index (χ2n) is 6.87. The molecule has 154 valence electrons. The van der Waals surface area contributed by atoms with Gasteiger partial charge in [0, 0.05) is 52.0 Å². The summed E-state index contributed by atoms with van der Waals surface area (Å²) in [7, 11) is 1.76. The van der Waals surface area contributed by atoms with Gasteiger partial charge in [-0.2, -0.15) is 0 Å². The van der Waals surface area contributed by atoms with Gasteiger partial charge in [0.1, 0.15) is 0 Å². The summed E-state index contributed by atoms with van der Waals surface area (Å²) in [5, 5.41) is 5.79. The molecule has 0 bridgehead atoms. The number of nitrogens with zero attached hydrogens (tertiary/aromatic N) is 4. The number of anilines is 1. The molecule has 2 saturated heterocycles. The van der Waals surface area contributed by atoms with Crippen LogP contribution in [0.4, 0.5) is 10.5 Å². The summed E-state index contributed by atoms with van der Waals surface area (Å²) in [6.45, 7) is 8.84. The number of hydrogen-bond donors (Lipinski definition) is 2. The summed E-state index contributed by atoms with van der Waals surface area (Å²) in [5.74, 6) is 0.626. The Kier molecular flexibility index (Phi) is 7.90. The van der Waals surface area contributed by atoms with Gasteiger partial charge in [-0.15, -0.1) is 24.0 Å². The molecule has 2 heterocycles. The fraction of sp³-hybridized carbons (Fsp3) is 0.526. The van der Waals surface area contributed by atoms with Gasteiger partial charge in [-0.05, 0) is 31.0 Å². The molecule has 0 unspecified atom stereocenters. The lowest BCUT2D eigenvalue weighted by molar-refractivity contribution is -0.124. The molecule has 1 aromatic rings. The smallest absolute Gasteiger partial charge is 0.324 e. The van der Waals surface area contributed by atoms with E-state index in [2.05, 4.69) is 57.5 Å². The van der Waals surface area contributed by atoms with Crippen LogP contribution in [0.3, 0.4) is 0 Å². The maximum atomic E-state index is 11.6. The van der Waals surface area contributed by atoms with Gasteiger partial charge < -0.3 is 20.4 Å². The SMILES string of the molecule is CN=C(NCCN1C(=O)CNC1=O)N1CCN(c2cccc(C)c2C)CC1.I. The Labute approximate surface area is 183 Å². The molecule has 28 heavy (non-hydrogen) atoms. The average Bonchev–Trinajstić information content (AvgIpc) is 2.99. The molecule has 9 heteroatoms. The van der Waals surface area contributed by atoms with E-state index in [-0.39, 0.29) is 42.5 Å². The van der Waals surface area contributed by atoms with Crippen LogP contribution in [0.15, 0.2) is 23.2 Å². The number of piperazine rings is 1. The monoisotopic (exact) mass is 500 g/mol. The topological polar surface area (TPSA) is 80.3 Å². The standard InChI is InChI=1S/C19H28N6O2.HI/c1-14-5-4-6-16(15(14)2)23-9-11-24(12-10-23)18(20-3)21-7-8-25-17(26)13-22-19(25)27;/h4-6H,7-13H2,1-3H3,(H,20,21)(H,22,27);1H. The molecule has 2 aliphatic rings. The predicted molar refractivity (Wildman–Crippen MR) is 122 cm³/mol. The molecule has 1 aromatic carbocycles. The highest BCUT2D eigenvalue weighted by atomic mass is 127. The highest BCUT2D eigenvalue weighted by Gasteiger charge is 2.28. The van der Waals surface area contributed by atoms with Gasteiger partial charge in [-0.25, -0.2) is 4.79 Å². The van der Waals surface area contributed by atoms with Gasteiger partial charge in [-0.3, -0.25) is 14.7 Å². The van der Waals surface area contributed by atoms with Crippen LogP contribution in [0.25, 0.3) is 0 Å². The zero-order valence-corrected chi connectivity index (χ0v) is 19.0. The second kappa shape index (κ2) is 9.94. The van der Waals surface area contributed by atoms with Crippen molar-refractivity contribution in [1.82, 2.24) is 20.4 Å². The van der Waals surface area contributed by atoms with Gasteiger partial charge in [0.15, 0.2) is 5.96 Å². The van der Waals surface area contributed by atoms with Crippen molar-refractivity contribution >= 4 is 47.6 Å². The maximum Gasteiger partial charge on any atom is 0.324 e. The van der Waals surface area contributed by atoms with Gasteiger partial charge >= 0.3 is 6.03 Å². The summed E-state index contributed by atoms with van der Waals surface area (Å²) in [6, 6.07) is 6.12. The number of carbonyl (C=O) groups excluding carboxylic acids is 2. The average molecular weight is 500 g/mol. The number of aryl methyl sites for hydroxylation is 1. The Balaban J connectivity index is 0.00000280. The van der Waals surface area contributed by atoms with E-state index in [4.69, 9.17) is 0 Å². The molecule has 0 radical (unpaired) electrons. The first kappa shape index (κ1) is 22.3. The molecule has 2 fully saturated rings. The van der Waals surface area contributed by atoms with Crippen molar-refractivity contribution in [3.8, 4) is 0 Å². The third-order valence-electron chi connectivity index (χ3n) is 5.26. The van der Waals surface area contributed by atoms with Gasteiger partial charge in [-0.1, -0.05) is 12.1 Å². The summed E-state index contributed by atoms with van der Waals surface area (Å²) in [6.07, 6.45) is 0. The first-order valence-electron chi connectivity index (χ1n) is 9.36. The molecule has 0 atom stereocenters. The van der Waals surface area contributed by atoms with E-state index < -0.39 is 0 Å². The van der Waals surface area contributed by atoms with Gasteiger partial charge in [0.05, 0.1) is 6.54 Å². The van der Waals surface area contributed by atoms with Crippen molar-refractivity contribution in [2.75, 3.05) is 57.8 Å². The molecule has 0 spiro atoms. The van der Waals surface area contributed by atoms with Crippen LogP contribution in [0.5, 0.6) is 0 Å². The summed E-state index contributed by atoms with van der Waals surface area (Å²) in [4.78, 5) is 33.4. The Hall–Kier alpha value is -2.04. The quantitative estimate of drug-likeness (QED) is 0.281. The van der Waals surface area contributed by atoms with E-state index in [0.717, 1.165) is 32.1 Å². The molecule has 3 rings (SSSR count). The highest BCUT2D eigenvalue weighted by Crippen LogP contribution is 2.23. The van der Waals surface area contributed by atoms with E-state index in [1.807, 2.05) is 0 Å². The Morgan fingerprint density at radius 3 is 2.50 bits per heavy atom. The number of aliphatic imine (C=N–C) groups is 1. The van der Waals surface area contributed by atoms with Crippen molar-refractivity contribution in [3.63, 3.8) is 0 Å². The minimum Gasteiger partial charge on any atom is -0.368 e. The highest BCUT2D eigenvalue weighted by molar-refractivity contribution is 14.0. The van der Waals surface area contributed by atoms with Crippen LogP contribution >= 0.6 is 24.0 Å². The fourth-order valence-corrected chi connectivity index (χ4v) is 3.53. The molecule has 0 aromatic heterocycles. The first-order valence-corrected chi connectivity index (χ1v) is 9.36. The van der Waals surface area contributed by atoms with Crippen molar-refractivity contribution in [2.45, 2.75) is 13.8 Å². The third kappa shape index (κ3) is 4.86. The zero-order valence-electron chi connectivity index (χ0n) is 16.7. The van der Waals surface area contributed by atoms with Gasteiger partial charge in [0.2, 0.25) is 5.91 Å². The van der Waals surface area contributed by atoms with Crippen molar-refractivity contribution in [1.29, 1.82) is 0 Å². The number of imide groups is 1. The summed E-state index contributed by atoms with van der Waals surface area (Å²) >= 11 is 0. The summed E-state index contributed by atoms with van der Waals surface area (Å²) in [5.41, 5.74) is 3.95. The normalized spacial score (nSPS) is 17.5. The molecule has 2 N–H and O–H groups in total. The minimum atomic E-state index is -0.320. The lowest BCUT2D eigenvalue weighted by atomic mass is 10.1. The molecule has 8 nitrogen and oxygen atoms in total. The van der Waals surface area contributed by atoms with Crippen molar-refractivity contribution < 1.29 is 9.59 Å². The van der Waals surface area contributed by atoms with E-state index in [1.165, 1.54) is 21.7 Å². The van der Waals surface area contributed by atoms with Gasteiger partial charge in [0.25, 0.3) is 0 Å². The molecule has 2 aliphatic heterocycles. The molecule has 0 aliphatic carbocycles.